The number of benzene rings is 1. The smallest absolute Gasteiger partial charge is 0.246 e. The van der Waals surface area contributed by atoms with E-state index in [1.54, 1.807) is 19.1 Å². The number of anilines is 1. The predicted molar refractivity (Wildman–Crippen MR) is 113 cm³/mol. The van der Waals surface area contributed by atoms with Gasteiger partial charge in [0.05, 0.1) is 12.8 Å². The number of nitrogens with one attached hydrogen (secondary N) is 3. The Kier molecular flexibility index (Phi) is 9.22. The maximum absolute atomic E-state index is 12.9. The number of amides is 1. The molecule has 9 heteroatoms. The van der Waals surface area contributed by atoms with Crippen molar-refractivity contribution in [3.63, 3.8) is 0 Å². The van der Waals surface area contributed by atoms with Gasteiger partial charge in [0.25, 0.3) is 0 Å². The van der Waals surface area contributed by atoms with Crippen LogP contribution in [-0.4, -0.2) is 36.6 Å². The normalized spacial score (nSPS) is 13.3. The van der Waals surface area contributed by atoms with Crippen LogP contribution in [0.3, 0.4) is 0 Å². The second kappa shape index (κ2) is 10.9. The number of aliphatic hydroxyl groups is 1. The predicted octanol–water partition coefficient (Wildman–Crippen LogP) is 2.44. The zero-order valence-electron chi connectivity index (χ0n) is 15.2. The van der Waals surface area contributed by atoms with Crippen molar-refractivity contribution in [2.45, 2.75) is 19.4 Å². The van der Waals surface area contributed by atoms with Gasteiger partial charge < -0.3 is 25.5 Å². The Morgan fingerprint density at radius 1 is 1.26 bits per heavy atom. The van der Waals surface area contributed by atoms with Crippen molar-refractivity contribution in [2.24, 2.45) is 4.99 Å². The molecule has 1 aromatic carbocycles. The van der Waals surface area contributed by atoms with Crippen molar-refractivity contribution >= 4 is 41.5 Å². The van der Waals surface area contributed by atoms with Crippen LogP contribution in [0, 0.1) is 5.82 Å². The van der Waals surface area contributed by atoms with Crippen LogP contribution in [0.15, 0.2) is 52.1 Å². The minimum atomic E-state index is -1.23. The molecule has 1 aromatic heterocycles. The highest BCUT2D eigenvalue weighted by molar-refractivity contribution is 14.0. The molecule has 27 heavy (non-hydrogen) atoms. The van der Waals surface area contributed by atoms with E-state index in [1.807, 2.05) is 6.92 Å². The van der Waals surface area contributed by atoms with Gasteiger partial charge in [0.2, 0.25) is 5.91 Å². The van der Waals surface area contributed by atoms with Gasteiger partial charge in [0.1, 0.15) is 23.7 Å². The molecule has 2 rings (SSSR count). The minimum absolute atomic E-state index is 0. The first-order valence-corrected chi connectivity index (χ1v) is 8.24. The fraction of sp³-hybridized carbons (Fsp3) is 0.333. The number of guanidine groups is 1. The Labute approximate surface area is 174 Å². The molecule has 0 saturated carbocycles. The van der Waals surface area contributed by atoms with E-state index in [-0.39, 0.29) is 48.8 Å². The fourth-order valence-corrected chi connectivity index (χ4v) is 2.15. The van der Waals surface area contributed by atoms with E-state index in [0.29, 0.717) is 24.0 Å². The van der Waals surface area contributed by atoms with E-state index in [2.05, 4.69) is 20.9 Å². The van der Waals surface area contributed by atoms with Crippen LogP contribution >= 0.6 is 24.0 Å². The number of nitrogens with zero attached hydrogens (tertiary/aromatic N) is 1. The largest absolute Gasteiger partial charge is 0.466 e. The molecule has 0 aliphatic heterocycles. The number of carbonyl (C=O) groups is 1. The molecule has 0 aliphatic rings. The molecule has 1 atom stereocenters. The van der Waals surface area contributed by atoms with Gasteiger partial charge in [-0.2, -0.15) is 0 Å². The third-order valence-electron chi connectivity index (χ3n) is 3.51. The zero-order valence-corrected chi connectivity index (χ0v) is 17.5. The van der Waals surface area contributed by atoms with Gasteiger partial charge in [0, 0.05) is 12.2 Å². The van der Waals surface area contributed by atoms with Crippen molar-refractivity contribution in [3.8, 4) is 0 Å². The molecule has 1 amide bonds. The van der Waals surface area contributed by atoms with Gasteiger partial charge in [-0.3, -0.25) is 4.79 Å². The minimum Gasteiger partial charge on any atom is -0.466 e. The van der Waals surface area contributed by atoms with Gasteiger partial charge >= 0.3 is 0 Å². The van der Waals surface area contributed by atoms with Crippen molar-refractivity contribution in [1.29, 1.82) is 0 Å². The molecule has 0 aliphatic carbocycles. The maximum Gasteiger partial charge on any atom is 0.246 e. The first-order valence-electron chi connectivity index (χ1n) is 8.24. The van der Waals surface area contributed by atoms with Crippen molar-refractivity contribution in [1.82, 2.24) is 10.6 Å². The first kappa shape index (κ1) is 22.9. The molecule has 148 valence electrons. The van der Waals surface area contributed by atoms with Crippen LogP contribution in [0.1, 0.15) is 19.6 Å². The highest BCUT2D eigenvalue weighted by Gasteiger charge is 2.26. The second-order valence-corrected chi connectivity index (χ2v) is 5.85. The SMILES string of the molecule is CCNC(=NCC(=O)Nc1ccc(F)cc1)NCC(C)(O)c1ccco1.I. The fourth-order valence-electron chi connectivity index (χ4n) is 2.15. The molecule has 0 bridgehead atoms. The van der Waals surface area contributed by atoms with Crippen LogP contribution in [-0.2, 0) is 10.4 Å². The molecule has 1 heterocycles. The van der Waals surface area contributed by atoms with Gasteiger partial charge in [-0.1, -0.05) is 0 Å². The summed E-state index contributed by atoms with van der Waals surface area (Å²) in [7, 11) is 0. The second-order valence-electron chi connectivity index (χ2n) is 5.85. The Hall–Kier alpha value is -2.14. The van der Waals surface area contributed by atoms with E-state index in [4.69, 9.17) is 4.42 Å². The monoisotopic (exact) mass is 490 g/mol. The lowest BCUT2D eigenvalue weighted by atomic mass is 10.0. The molecule has 0 fully saturated rings. The highest BCUT2D eigenvalue weighted by Crippen LogP contribution is 2.19. The lowest BCUT2D eigenvalue weighted by Gasteiger charge is -2.22. The van der Waals surface area contributed by atoms with Gasteiger partial charge in [-0.15, -0.1) is 24.0 Å². The summed E-state index contributed by atoms with van der Waals surface area (Å²) in [6.45, 7) is 4.11. The first-order chi connectivity index (χ1) is 12.4. The number of rotatable bonds is 7. The van der Waals surface area contributed by atoms with Crippen LogP contribution in [0.25, 0.3) is 0 Å². The molecule has 4 N–H and O–H groups in total. The van der Waals surface area contributed by atoms with Gasteiger partial charge in [0.15, 0.2) is 5.96 Å². The Balaban J connectivity index is 0.00000364. The lowest BCUT2D eigenvalue weighted by Crippen LogP contribution is -2.44. The molecular formula is C18H24FIN4O3. The van der Waals surface area contributed by atoms with Crippen LogP contribution in [0.2, 0.25) is 0 Å². The Morgan fingerprint density at radius 2 is 1.96 bits per heavy atom. The average molecular weight is 490 g/mol. The van der Waals surface area contributed by atoms with Gasteiger partial charge in [-0.05, 0) is 50.2 Å². The summed E-state index contributed by atoms with van der Waals surface area (Å²) in [4.78, 5) is 16.1. The summed E-state index contributed by atoms with van der Waals surface area (Å²) in [5.74, 6) is 0.0957. The summed E-state index contributed by atoms with van der Waals surface area (Å²) in [5.41, 5.74) is -0.735. The van der Waals surface area contributed by atoms with Crippen molar-refractivity contribution < 1.29 is 18.7 Å². The number of hydrogen-bond acceptors (Lipinski definition) is 4. The zero-order chi connectivity index (χ0) is 19.0. The summed E-state index contributed by atoms with van der Waals surface area (Å²) >= 11 is 0. The number of halogens is 2. The van der Waals surface area contributed by atoms with Crippen molar-refractivity contribution in [2.75, 3.05) is 25.0 Å². The third kappa shape index (κ3) is 7.55. The number of hydrogen-bond donors (Lipinski definition) is 4. The average Bonchev–Trinajstić information content (AvgIpc) is 3.15. The Morgan fingerprint density at radius 3 is 2.56 bits per heavy atom. The van der Waals surface area contributed by atoms with E-state index in [0.717, 1.165) is 0 Å². The third-order valence-corrected chi connectivity index (χ3v) is 3.51. The molecule has 2 aromatic rings. The van der Waals surface area contributed by atoms with Gasteiger partial charge in [-0.25, -0.2) is 9.38 Å². The molecule has 0 spiro atoms. The topological polar surface area (TPSA) is 98.9 Å². The van der Waals surface area contributed by atoms with Crippen LogP contribution < -0.4 is 16.0 Å². The van der Waals surface area contributed by atoms with E-state index >= 15 is 0 Å². The molecular weight excluding hydrogens is 466 g/mol. The highest BCUT2D eigenvalue weighted by atomic mass is 127. The number of aliphatic imine (C=N–C) groups is 1. The summed E-state index contributed by atoms with van der Waals surface area (Å²) in [6, 6.07) is 8.86. The number of furan rings is 1. The van der Waals surface area contributed by atoms with E-state index < -0.39 is 5.60 Å². The quantitative estimate of drug-likeness (QED) is 0.272. The molecule has 7 nitrogen and oxygen atoms in total. The number of carbonyl (C=O) groups excluding carboxylic acids is 1. The van der Waals surface area contributed by atoms with E-state index in [1.165, 1.54) is 30.5 Å². The summed E-state index contributed by atoms with van der Waals surface area (Å²) in [6.07, 6.45) is 1.49. The maximum atomic E-state index is 12.9. The molecule has 0 radical (unpaired) electrons. The van der Waals surface area contributed by atoms with Crippen molar-refractivity contribution in [3.05, 3.63) is 54.2 Å². The standard InChI is InChI=1S/C18H23FN4O3.HI/c1-3-20-17(22-12-18(2,25)15-5-4-10-26-15)21-11-16(24)23-14-8-6-13(19)7-9-14;/h4-10,25H,3,11-12H2,1-2H3,(H,23,24)(H2,20,21,22);1H. The lowest BCUT2D eigenvalue weighted by molar-refractivity contribution is -0.114. The van der Waals surface area contributed by atoms with Crippen LogP contribution in [0.5, 0.6) is 0 Å². The summed E-state index contributed by atoms with van der Waals surface area (Å²) < 4.78 is 18.1. The Bertz CT molecular complexity index is 734. The van der Waals surface area contributed by atoms with E-state index in [9.17, 15) is 14.3 Å². The molecule has 0 saturated heterocycles. The molecule has 1 unspecified atom stereocenters. The van der Waals surface area contributed by atoms with Crippen LogP contribution in [0.4, 0.5) is 10.1 Å². The summed E-state index contributed by atoms with van der Waals surface area (Å²) in [5, 5.41) is 19.0.